The first-order valence-corrected chi connectivity index (χ1v) is 6.25. The molecule has 0 aliphatic heterocycles. The smallest absolute Gasteiger partial charge is 0.185 e. The summed E-state index contributed by atoms with van der Waals surface area (Å²) in [6.45, 7) is 0. The Morgan fingerprint density at radius 3 is 1.83 bits per heavy atom. The monoisotopic (exact) mass is 313 g/mol. The maximum atomic E-state index is 12.0. The molecule has 107 valence electrons. The third-order valence-electron chi connectivity index (χ3n) is 2.79. The van der Waals surface area contributed by atoms with E-state index in [0.717, 1.165) is 5.56 Å². The Morgan fingerprint density at radius 2 is 1.35 bits per heavy atom. The van der Waals surface area contributed by atoms with Crippen LogP contribution in [0.1, 0.15) is 15.9 Å². The molecule has 0 aliphatic rings. The second-order valence-electron chi connectivity index (χ2n) is 4.21. The molecule has 0 amide bonds. The fraction of sp³-hybridized carbons (Fsp3) is 0. The number of ketones is 1. The molecule has 0 aromatic heterocycles. The quantitative estimate of drug-likeness (QED) is 0.188. The van der Waals surface area contributed by atoms with E-state index in [1.54, 1.807) is 54.6 Å². The van der Waals surface area contributed by atoms with Crippen molar-refractivity contribution in [2.75, 3.05) is 0 Å². The van der Waals surface area contributed by atoms with Crippen molar-refractivity contribution in [1.29, 1.82) is 0 Å². The van der Waals surface area contributed by atoms with Gasteiger partial charge < -0.3 is 0 Å². The minimum Gasteiger partial charge on any atom is -0.289 e. The van der Waals surface area contributed by atoms with Crippen LogP contribution in [0.3, 0.4) is 0 Å². The first-order chi connectivity index (χ1) is 10.7. The Labute approximate surface area is 154 Å². The molecule has 0 fully saturated rings. The van der Waals surface area contributed by atoms with E-state index in [4.69, 9.17) is 11.1 Å². The summed E-state index contributed by atoms with van der Waals surface area (Å²) in [4.78, 5) is 17.4. The van der Waals surface area contributed by atoms with Gasteiger partial charge in [-0.1, -0.05) is 64.8 Å². The van der Waals surface area contributed by atoms with Crippen LogP contribution in [0.4, 0.5) is 11.4 Å². The molecule has 23 heavy (non-hydrogen) atoms. The maximum absolute atomic E-state index is 12.0. The number of benzene rings is 2. The Kier molecular flexibility index (Phi) is 7.63. The molecule has 0 N–H and O–H groups in total. The standard InChI is InChI=1S/C15H10N6O.Na/c16-20-18-13-6-1-11(2-7-13)3-10-15(22)12-4-8-14(9-5-12)19-21-17;/h1-10H;. The van der Waals surface area contributed by atoms with E-state index in [9.17, 15) is 4.79 Å². The summed E-state index contributed by atoms with van der Waals surface area (Å²) >= 11 is 0. The zero-order valence-corrected chi connectivity index (χ0v) is 14.4. The van der Waals surface area contributed by atoms with E-state index in [-0.39, 0.29) is 35.3 Å². The van der Waals surface area contributed by atoms with Crippen LogP contribution in [0.25, 0.3) is 27.0 Å². The number of allylic oxidation sites excluding steroid dienone is 1. The van der Waals surface area contributed by atoms with Crippen LogP contribution in [-0.4, -0.2) is 35.3 Å². The molecule has 0 saturated carbocycles. The molecule has 0 aliphatic carbocycles. The zero-order chi connectivity index (χ0) is 15.8. The van der Waals surface area contributed by atoms with E-state index in [2.05, 4.69) is 20.1 Å². The predicted molar refractivity (Wildman–Crippen MR) is 89.6 cm³/mol. The number of carbonyl (C=O) groups is 1. The molecule has 1 radical (unpaired) electrons. The number of nitrogens with zero attached hydrogens (tertiary/aromatic N) is 6. The van der Waals surface area contributed by atoms with E-state index >= 15 is 0 Å². The van der Waals surface area contributed by atoms with Gasteiger partial charge in [-0.3, -0.25) is 4.79 Å². The molecule has 0 heterocycles. The third kappa shape index (κ3) is 5.64. The minimum absolute atomic E-state index is 0. The Bertz CT molecular complexity index is 801. The van der Waals surface area contributed by atoms with Crippen molar-refractivity contribution in [2.45, 2.75) is 0 Å². The van der Waals surface area contributed by atoms with E-state index in [0.29, 0.717) is 16.9 Å². The summed E-state index contributed by atoms with van der Waals surface area (Å²) in [5.41, 5.74) is 18.9. The van der Waals surface area contributed by atoms with Crippen LogP contribution in [0.2, 0.25) is 0 Å². The van der Waals surface area contributed by atoms with Crippen molar-refractivity contribution >= 4 is 52.8 Å². The Balaban J connectivity index is 0.00000264. The van der Waals surface area contributed by atoms with Crippen molar-refractivity contribution in [3.05, 3.63) is 86.6 Å². The normalized spacial score (nSPS) is 9.39. The largest absolute Gasteiger partial charge is 0.289 e. The fourth-order valence-electron chi connectivity index (χ4n) is 1.72. The van der Waals surface area contributed by atoms with Gasteiger partial charge in [0.05, 0.1) is 0 Å². The zero-order valence-electron chi connectivity index (χ0n) is 12.4. The van der Waals surface area contributed by atoms with Crippen LogP contribution in [0, 0.1) is 0 Å². The second kappa shape index (κ2) is 9.48. The van der Waals surface area contributed by atoms with Gasteiger partial charge in [-0.05, 0) is 22.7 Å². The third-order valence-corrected chi connectivity index (χ3v) is 2.79. The number of azide groups is 2. The average Bonchev–Trinajstić information content (AvgIpc) is 2.55. The molecule has 0 saturated heterocycles. The summed E-state index contributed by atoms with van der Waals surface area (Å²) in [6.07, 6.45) is 3.12. The molecule has 0 bridgehead atoms. The summed E-state index contributed by atoms with van der Waals surface area (Å²) in [5.74, 6) is -0.161. The van der Waals surface area contributed by atoms with Gasteiger partial charge in [0.2, 0.25) is 0 Å². The van der Waals surface area contributed by atoms with Crippen molar-refractivity contribution in [3.8, 4) is 0 Å². The van der Waals surface area contributed by atoms with Gasteiger partial charge in [-0.15, -0.1) is 0 Å². The molecule has 2 aromatic rings. The predicted octanol–water partition coefficient (Wildman–Crippen LogP) is 5.09. The van der Waals surface area contributed by atoms with Crippen LogP contribution < -0.4 is 0 Å². The van der Waals surface area contributed by atoms with E-state index in [1.807, 2.05) is 0 Å². The van der Waals surface area contributed by atoms with Crippen molar-refractivity contribution in [2.24, 2.45) is 10.2 Å². The summed E-state index contributed by atoms with van der Waals surface area (Å²) in [6, 6.07) is 13.2. The molecule has 0 atom stereocenters. The van der Waals surface area contributed by atoms with Crippen LogP contribution in [-0.2, 0) is 0 Å². The van der Waals surface area contributed by atoms with E-state index < -0.39 is 0 Å². The van der Waals surface area contributed by atoms with Gasteiger partial charge in [-0.2, -0.15) is 0 Å². The summed E-state index contributed by atoms with van der Waals surface area (Å²) in [5, 5.41) is 6.91. The maximum Gasteiger partial charge on any atom is 0.185 e. The molecular formula is C15H10N6NaO. The Morgan fingerprint density at radius 1 is 0.870 bits per heavy atom. The van der Waals surface area contributed by atoms with Crippen LogP contribution in [0.5, 0.6) is 0 Å². The second-order valence-corrected chi connectivity index (χ2v) is 4.21. The molecule has 0 unspecified atom stereocenters. The number of hydrogen-bond donors (Lipinski definition) is 0. The van der Waals surface area contributed by atoms with Crippen LogP contribution in [0.15, 0.2) is 64.8 Å². The molecule has 7 nitrogen and oxygen atoms in total. The SMILES string of the molecule is [N-]=[N+]=Nc1ccc(C=CC(=O)c2ccc(N=[N+]=[N-])cc2)cc1.[Na]. The molecule has 2 aromatic carbocycles. The Hall–Kier alpha value is -2.53. The van der Waals surface area contributed by atoms with Crippen molar-refractivity contribution in [1.82, 2.24) is 0 Å². The van der Waals surface area contributed by atoms with Gasteiger partial charge in [0.1, 0.15) is 0 Å². The van der Waals surface area contributed by atoms with Crippen LogP contribution >= 0.6 is 0 Å². The average molecular weight is 313 g/mol. The van der Waals surface area contributed by atoms with Gasteiger partial charge in [0.25, 0.3) is 0 Å². The first-order valence-electron chi connectivity index (χ1n) is 6.25. The molecule has 2 rings (SSSR count). The number of hydrogen-bond acceptors (Lipinski definition) is 3. The summed E-state index contributed by atoms with van der Waals surface area (Å²) in [7, 11) is 0. The molecule has 0 spiro atoms. The van der Waals surface area contributed by atoms with Gasteiger partial charge in [0.15, 0.2) is 5.78 Å². The van der Waals surface area contributed by atoms with E-state index in [1.165, 1.54) is 6.08 Å². The van der Waals surface area contributed by atoms with Crippen molar-refractivity contribution in [3.63, 3.8) is 0 Å². The minimum atomic E-state index is -0.161. The molecule has 8 heteroatoms. The fourth-order valence-corrected chi connectivity index (χ4v) is 1.72. The molecular weight excluding hydrogens is 303 g/mol. The number of rotatable bonds is 5. The number of carbonyl (C=O) groups excluding carboxylic acids is 1. The van der Waals surface area contributed by atoms with Gasteiger partial charge >= 0.3 is 0 Å². The van der Waals surface area contributed by atoms with Gasteiger partial charge in [-0.25, -0.2) is 0 Å². The summed E-state index contributed by atoms with van der Waals surface area (Å²) < 4.78 is 0. The van der Waals surface area contributed by atoms with Crippen molar-refractivity contribution < 1.29 is 4.79 Å². The first kappa shape index (κ1) is 18.5. The van der Waals surface area contributed by atoms with Gasteiger partial charge in [0, 0.05) is 56.3 Å². The topological polar surface area (TPSA) is 115 Å².